The Morgan fingerprint density at radius 1 is 1.19 bits per heavy atom. The number of halogens is 2. The van der Waals surface area contributed by atoms with Gasteiger partial charge in [0, 0.05) is 48.1 Å². The number of rotatable bonds is 8. The van der Waals surface area contributed by atoms with Gasteiger partial charge in [0.15, 0.2) is 0 Å². The minimum atomic E-state index is -0.511. The largest absolute Gasteiger partial charge is 0.493 e. The number of aryl methyl sites for hydroxylation is 1. The summed E-state index contributed by atoms with van der Waals surface area (Å²) in [7, 11) is 1.84. The van der Waals surface area contributed by atoms with Gasteiger partial charge in [-0.05, 0) is 63.9 Å². The molecule has 3 aromatic rings. The molecule has 0 aliphatic carbocycles. The number of carbonyl (C=O) groups excluding carboxylic acids is 1. The maximum Gasteiger partial charge on any atom is 0.410 e. The summed E-state index contributed by atoms with van der Waals surface area (Å²) in [5.74, 6) is 0.0845. The van der Waals surface area contributed by atoms with E-state index in [2.05, 4.69) is 21.0 Å². The molecule has 1 amide bonds. The van der Waals surface area contributed by atoms with Crippen molar-refractivity contribution in [3.05, 3.63) is 46.7 Å². The number of hydrogen-bond acceptors (Lipinski definition) is 5. The Kier molecular flexibility index (Phi) is 8.20. The van der Waals surface area contributed by atoms with Crippen molar-refractivity contribution in [1.29, 1.82) is 0 Å². The first-order valence-corrected chi connectivity index (χ1v) is 13.0. The van der Waals surface area contributed by atoms with E-state index in [0.29, 0.717) is 49.8 Å². The second-order valence-corrected chi connectivity index (χ2v) is 10.9. The maximum absolute atomic E-state index is 15.0. The number of carbonyl (C=O) groups is 1. The van der Waals surface area contributed by atoms with E-state index in [1.165, 1.54) is 6.07 Å². The number of fused-ring (bicyclic) bond motifs is 1. The number of likely N-dealkylation sites (tertiary alicyclic amines) is 1. The summed E-state index contributed by atoms with van der Waals surface area (Å²) in [6.07, 6.45) is 2.23. The molecule has 1 fully saturated rings. The van der Waals surface area contributed by atoms with Crippen molar-refractivity contribution in [3.63, 3.8) is 0 Å². The summed E-state index contributed by atoms with van der Waals surface area (Å²) < 4.78 is 34.7. The molecule has 2 aromatic carbocycles. The highest BCUT2D eigenvalue weighted by Gasteiger charge is 2.32. The first kappa shape index (κ1) is 26.4. The van der Waals surface area contributed by atoms with E-state index in [1.807, 2.05) is 46.0 Å². The van der Waals surface area contributed by atoms with E-state index < -0.39 is 5.60 Å². The summed E-state index contributed by atoms with van der Waals surface area (Å²) in [6.45, 7) is 7.66. The molecule has 7 nitrogen and oxygen atoms in total. The number of hydrogen-bond donors (Lipinski definition) is 0. The Bertz CT molecular complexity index is 1220. The second-order valence-electron chi connectivity index (χ2n) is 10.0. The molecule has 1 aromatic heterocycles. The highest BCUT2D eigenvalue weighted by molar-refractivity contribution is 9.10. The zero-order valence-electron chi connectivity index (χ0n) is 21.2. The molecule has 0 saturated carbocycles. The monoisotopic (exact) mass is 561 g/mol. The van der Waals surface area contributed by atoms with Crippen molar-refractivity contribution in [2.75, 3.05) is 26.4 Å². The SMILES string of the molecule is Cn1nc(-c2ccc(OCCCOC[C@H]3CCCN3C(=O)OC(C)(C)C)cc2F)c2ccc(Br)cc21. The van der Waals surface area contributed by atoms with Crippen LogP contribution in [-0.4, -0.2) is 58.8 Å². The van der Waals surface area contributed by atoms with Crippen molar-refractivity contribution in [2.24, 2.45) is 7.05 Å². The predicted octanol–water partition coefficient (Wildman–Crippen LogP) is 6.33. The fourth-order valence-corrected chi connectivity index (χ4v) is 4.70. The van der Waals surface area contributed by atoms with Crippen LogP contribution in [0, 0.1) is 5.82 Å². The third-order valence-electron chi connectivity index (χ3n) is 6.03. The molecule has 0 unspecified atom stereocenters. The van der Waals surface area contributed by atoms with Gasteiger partial charge in [-0.2, -0.15) is 5.10 Å². The third kappa shape index (κ3) is 6.37. The van der Waals surface area contributed by atoms with E-state index in [0.717, 1.165) is 28.2 Å². The van der Waals surface area contributed by atoms with Gasteiger partial charge in [0.05, 0.1) is 24.8 Å². The molecular weight excluding hydrogens is 529 g/mol. The smallest absolute Gasteiger partial charge is 0.410 e. The predicted molar refractivity (Wildman–Crippen MR) is 141 cm³/mol. The lowest BCUT2D eigenvalue weighted by atomic mass is 10.1. The molecular formula is C27H33BrFN3O4. The van der Waals surface area contributed by atoms with Crippen LogP contribution in [0.25, 0.3) is 22.2 Å². The Hall–Kier alpha value is -2.65. The standard InChI is InChI=1S/C27H33BrFN3O4/c1-27(2,3)36-26(33)32-12-5-7-19(32)17-34-13-6-14-35-20-9-11-21(23(29)16-20)25-22-10-8-18(28)15-24(22)31(4)30-25/h8-11,15-16,19H,5-7,12-14,17H2,1-4H3/t19-/m1/s1. The minimum Gasteiger partial charge on any atom is -0.493 e. The Balaban J connectivity index is 1.24. The zero-order chi connectivity index (χ0) is 25.9. The van der Waals surface area contributed by atoms with E-state index in [9.17, 15) is 9.18 Å². The highest BCUT2D eigenvalue weighted by Crippen LogP contribution is 2.32. The van der Waals surface area contributed by atoms with Gasteiger partial charge < -0.3 is 19.1 Å². The minimum absolute atomic E-state index is 0.0335. The molecule has 1 aliphatic rings. The zero-order valence-corrected chi connectivity index (χ0v) is 22.8. The molecule has 194 valence electrons. The van der Waals surface area contributed by atoms with E-state index in [-0.39, 0.29) is 18.0 Å². The van der Waals surface area contributed by atoms with Crippen molar-refractivity contribution < 1.29 is 23.4 Å². The molecule has 1 aliphatic heterocycles. The van der Waals surface area contributed by atoms with Gasteiger partial charge in [-0.3, -0.25) is 4.68 Å². The fraction of sp³-hybridized carbons (Fsp3) is 0.481. The quantitative estimate of drug-likeness (QED) is 0.301. The molecule has 1 saturated heterocycles. The van der Waals surface area contributed by atoms with Gasteiger partial charge in [-0.25, -0.2) is 9.18 Å². The van der Waals surface area contributed by atoms with Crippen molar-refractivity contribution in [3.8, 4) is 17.0 Å². The molecule has 0 spiro atoms. The molecule has 0 N–H and O–H groups in total. The first-order valence-electron chi connectivity index (χ1n) is 12.2. The Morgan fingerprint density at radius 3 is 2.75 bits per heavy atom. The van der Waals surface area contributed by atoms with Crippen LogP contribution >= 0.6 is 15.9 Å². The van der Waals surface area contributed by atoms with Crippen LogP contribution in [0.15, 0.2) is 40.9 Å². The number of amides is 1. The van der Waals surface area contributed by atoms with Crippen molar-refractivity contribution in [1.82, 2.24) is 14.7 Å². The second kappa shape index (κ2) is 11.2. The first-order chi connectivity index (χ1) is 17.1. The summed E-state index contributed by atoms with van der Waals surface area (Å²) in [4.78, 5) is 14.1. The number of ether oxygens (including phenoxy) is 3. The van der Waals surface area contributed by atoms with E-state index in [1.54, 1.807) is 21.7 Å². The van der Waals surface area contributed by atoms with Crippen LogP contribution in [0.5, 0.6) is 5.75 Å². The summed E-state index contributed by atoms with van der Waals surface area (Å²) >= 11 is 3.47. The average molecular weight is 562 g/mol. The summed E-state index contributed by atoms with van der Waals surface area (Å²) in [5.41, 5.74) is 1.45. The van der Waals surface area contributed by atoms with Crippen LogP contribution in [0.2, 0.25) is 0 Å². The van der Waals surface area contributed by atoms with Gasteiger partial charge in [0.25, 0.3) is 0 Å². The van der Waals surface area contributed by atoms with Gasteiger partial charge in [-0.15, -0.1) is 0 Å². The molecule has 36 heavy (non-hydrogen) atoms. The van der Waals surface area contributed by atoms with E-state index in [4.69, 9.17) is 14.2 Å². The number of nitrogens with zero attached hydrogens (tertiary/aromatic N) is 3. The van der Waals surface area contributed by atoms with Crippen LogP contribution in [0.1, 0.15) is 40.0 Å². The van der Waals surface area contributed by atoms with Crippen LogP contribution in [0.3, 0.4) is 0 Å². The van der Waals surface area contributed by atoms with Gasteiger partial charge >= 0.3 is 6.09 Å². The van der Waals surface area contributed by atoms with Gasteiger partial charge in [0.2, 0.25) is 0 Å². The van der Waals surface area contributed by atoms with Gasteiger partial charge in [-0.1, -0.05) is 15.9 Å². The van der Waals surface area contributed by atoms with Gasteiger partial charge in [0.1, 0.15) is 22.9 Å². The summed E-state index contributed by atoms with van der Waals surface area (Å²) in [5, 5.41) is 5.41. The molecule has 0 radical (unpaired) electrons. The molecule has 4 rings (SSSR count). The Labute approximate surface area is 219 Å². The molecule has 1 atom stereocenters. The lowest BCUT2D eigenvalue weighted by molar-refractivity contribution is 0.00977. The van der Waals surface area contributed by atoms with Crippen LogP contribution < -0.4 is 4.74 Å². The Morgan fingerprint density at radius 2 is 2.00 bits per heavy atom. The molecule has 2 heterocycles. The van der Waals surface area contributed by atoms with Crippen molar-refractivity contribution in [2.45, 2.75) is 51.7 Å². The number of benzene rings is 2. The summed E-state index contributed by atoms with van der Waals surface area (Å²) in [6, 6.07) is 10.7. The third-order valence-corrected chi connectivity index (χ3v) is 6.52. The average Bonchev–Trinajstić information content (AvgIpc) is 3.40. The van der Waals surface area contributed by atoms with Crippen LogP contribution in [-0.2, 0) is 16.5 Å². The lowest BCUT2D eigenvalue weighted by Crippen LogP contribution is -2.41. The molecule has 9 heteroatoms. The van der Waals surface area contributed by atoms with Crippen molar-refractivity contribution >= 4 is 32.9 Å². The van der Waals surface area contributed by atoms with E-state index >= 15 is 0 Å². The number of aromatic nitrogens is 2. The maximum atomic E-state index is 15.0. The van der Waals surface area contributed by atoms with Crippen LogP contribution in [0.4, 0.5) is 9.18 Å². The highest BCUT2D eigenvalue weighted by atomic mass is 79.9. The lowest BCUT2D eigenvalue weighted by Gasteiger charge is -2.28. The normalized spacial score (nSPS) is 16.1. The topological polar surface area (TPSA) is 65.8 Å². The fourth-order valence-electron chi connectivity index (χ4n) is 4.35. The molecule has 0 bridgehead atoms.